The van der Waals surface area contributed by atoms with Crippen LogP contribution >= 0.6 is 0 Å². The summed E-state index contributed by atoms with van der Waals surface area (Å²) in [7, 11) is 0. The number of fused-ring (bicyclic) bond motifs is 1. The van der Waals surface area contributed by atoms with Gasteiger partial charge < -0.3 is 15.4 Å². The summed E-state index contributed by atoms with van der Waals surface area (Å²) < 4.78 is 13.6. The molecule has 0 atom stereocenters. The van der Waals surface area contributed by atoms with Gasteiger partial charge in [0.15, 0.2) is 5.82 Å². The van der Waals surface area contributed by atoms with E-state index in [2.05, 4.69) is 15.3 Å². The van der Waals surface area contributed by atoms with E-state index in [0.29, 0.717) is 23.3 Å². The van der Waals surface area contributed by atoms with E-state index in [1.807, 2.05) is 0 Å². The first-order valence-electron chi connectivity index (χ1n) is 7.67. The summed E-state index contributed by atoms with van der Waals surface area (Å²) in [6.07, 6.45) is 4.40. The smallest absolute Gasteiger partial charge is 0.220 e. The van der Waals surface area contributed by atoms with Crippen LogP contribution < -0.4 is 5.32 Å². The second-order valence-electron chi connectivity index (χ2n) is 6.01. The van der Waals surface area contributed by atoms with Crippen LogP contribution in [0.4, 0.5) is 4.39 Å². The molecule has 1 aromatic heterocycles. The molecule has 0 aliphatic heterocycles. The van der Waals surface area contributed by atoms with Crippen LogP contribution in [0.5, 0.6) is 0 Å². The summed E-state index contributed by atoms with van der Waals surface area (Å²) in [5.41, 5.74) is 0.496. The number of aliphatic hydroxyl groups is 1. The Labute approximate surface area is 127 Å². The van der Waals surface area contributed by atoms with E-state index >= 15 is 0 Å². The highest BCUT2D eigenvalue weighted by atomic mass is 19.1. The molecular weight excluding hydrogens is 285 g/mol. The number of nitrogens with zero attached hydrogens (tertiary/aromatic N) is 1. The number of carbonyl (C=O) groups excluding carboxylic acids is 1. The number of carbonyl (C=O) groups is 1. The van der Waals surface area contributed by atoms with Crippen LogP contribution in [0.2, 0.25) is 0 Å². The van der Waals surface area contributed by atoms with Crippen molar-refractivity contribution in [3.63, 3.8) is 0 Å². The topological polar surface area (TPSA) is 78.0 Å². The lowest BCUT2D eigenvalue weighted by Gasteiger charge is -2.27. The van der Waals surface area contributed by atoms with Crippen molar-refractivity contribution in [3.8, 4) is 0 Å². The summed E-state index contributed by atoms with van der Waals surface area (Å²) in [6, 6.07) is 4.75. The number of imidazole rings is 1. The predicted molar refractivity (Wildman–Crippen MR) is 80.8 cm³/mol. The van der Waals surface area contributed by atoms with Crippen molar-refractivity contribution in [2.45, 2.75) is 44.1 Å². The van der Waals surface area contributed by atoms with Gasteiger partial charge >= 0.3 is 0 Å². The Balaban J connectivity index is 1.61. The fourth-order valence-electron chi connectivity index (χ4n) is 3.13. The lowest BCUT2D eigenvalue weighted by atomic mass is 9.98. The molecule has 22 heavy (non-hydrogen) atoms. The van der Waals surface area contributed by atoms with Crippen molar-refractivity contribution in [3.05, 3.63) is 29.8 Å². The minimum atomic E-state index is -0.447. The second kappa shape index (κ2) is 6.04. The molecule has 3 rings (SSSR count). The van der Waals surface area contributed by atoms with Crippen molar-refractivity contribution in [2.75, 3.05) is 6.61 Å². The zero-order valence-electron chi connectivity index (χ0n) is 12.4. The molecule has 1 aromatic carbocycles. The molecule has 1 heterocycles. The number of aryl methyl sites for hydroxylation is 1. The number of nitrogens with one attached hydrogen (secondary N) is 2. The molecule has 0 unspecified atom stereocenters. The quantitative estimate of drug-likeness (QED) is 0.791. The lowest BCUT2D eigenvalue weighted by molar-refractivity contribution is -0.123. The van der Waals surface area contributed by atoms with Gasteiger partial charge in [-0.2, -0.15) is 0 Å². The van der Waals surface area contributed by atoms with Gasteiger partial charge in [-0.1, -0.05) is 18.9 Å². The molecule has 1 aliphatic carbocycles. The van der Waals surface area contributed by atoms with Crippen LogP contribution in [0.1, 0.15) is 37.9 Å². The molecule has 1 fully saturated rings. The van der Waals surface area contributed by atoms with E-state index in [-0.39, 0.29) is 24.8 Å². The molecule has 5 nitrogen and oxygen atoms in total. The predicted octanol–water partition coefficient (Wildman–Crippen LogP) is 2.06. The molecule has 118 valence electrons. The molecular formula is C16H20FN3O2. The Morgan fingerprint density at radius 3 is 2.86 bits per heavy atom. The number of amides is 1. The standard InChI is InChI=1S/C16H20FN3O2/c17-11-4-3-5-12-15(11)19-13(18-12)6-7-14(22)20-16(10-21)8-1-2-9-16/h3-5,21H,1-2,6-10H2,(H,18,19)(H,20,22). The van der Waals surface area contributed by atoms with Crippen molar-refractivity contribution in [2.24, 2.45) is 0 Å². The maximum absolute atomic E-state index is 13.6. The van der Waals surface area contributed by atoms with E-state index in [9.17, 15) is 14.3 Å². The Kier molecular flexibility index (Phi) is 4.11. The van der Waals surface area contributed by atoms with Crippen LogP contribution in [-0.2, 0) is 11.2 Å². The number of H-pyrrole nitrogens is 1. The molecule has 2 aromatic rings. The first-order valence-corrected chi connectivity index (χ1v) is 7.67. The Morgan fingerprint density at radius 2 is 2.18 bits per heavy atom. The van der Waals surface area contributed by atoms with Gasteiger partial charge in [0.1, 0.15) is 11.3 Å². The fraction of sp³-hybridized carbons (Fsp3) is 0.500. The highest BCUT2D eigenvalue weighted by molar-refractivity contribution is 5.78. The zero-order valence-corrected chi connectivity index (χ0v) is 12.4. The molecule has 6 heteroatoms. The number of para-hydroxylation sites is 1. The summed E-state index contributed by atoms with van der Waals surface area (Å²) in [5.74, 6) is 0.131. The zero-order chi connectivity index (χ0) is 15.6. The van der Waals surface area contributed by atoms with E-state index < -0.39 is 5.54 Å². The van der Waals surface area contributed by atoms with Crippen molar-refractivity contribution in [1.82, 2.24) is 15.3 Å². The van der Waals surface area contributed by atoms with Gasteiger partial charge in [-0.05, 0) is 25.0 Å². The van der Waals surface area contributed by atoms with Gasteiger partial charge in [0.2, 0.25) is 5.91 Å². The van der Waals surface area contributed by atoms with Gasteiger partial charge in [0.05, 0.1) is 17.7 Å². The number of aromatic nitrogens is 2. The largest absolute Gasteiger partial charge is 0.394 e. The van der Waals surface area contributed by atoms with Gasteiger partial charge in [-0.3, -0.25) is 4.79 Å². The average Bonchev–Trinajstić information content (AvgIpc) is 3.13. The highest BCUT2D eigenvalue weighted by Crippen LogP contribution is 2.29. The molecule has 0 saturated heterocycles. The van der Waals surface area contributed by atoms with Crippen LogP contribution in [0.15, 0.2) is 18.2 Å². The molecule has 3 N–H and O–H groups in total. The van der Waals surface area contributed by atoms with E-state index in [1.54, 1.807) is 12.1 Å². The van der Waals surface area contributed by atoms with Crippen LogP contribution in [0, 0.1) is 5.82 Å². The fourth-order valence-corrected chi connectivity index (χ4v) is 3.13. The van der Waals surface area contributed by atoms with Crippen LogP contribution in [0.3, 0.4) is 0 Å². The second-order valence-corrected chi connectivity index (χ2v) is 6.01. The van der Waals surface area contributed by atoms with Gasteiger partial charge in [0, 0.05) is 12.8 Å². The number of aliphatic hydroxyl groups excluding tert-OH is 1. The summed E-state index contributed by atoms with van der Waals surface area (Å²) in [4.78, 5) is 19.3. The Hall–Kier alpha value is -1.95. The summed E-state index contributed by atoms with van der Waals surface area (Å²) >= 11 is 0. The first-order chi connectivity index (χ1) is 10.6. The van der Waals surface area contributed by atoms with Gasteiger partial charge in [0.25, 0.3) is 0 Å². The first kappa shape index (κ1) is 15.0. The summed E-state index contributed by atoms with van der Waals surface area (Å²) in [6.45, 7) is -0.0193. The molecule has 1 aliphatic rings. The third-order valence-electron chi connectivity index (χ3n) is 4.37. The van der Waals surface area contributed by atoms with Crippen molar-refractivity contribution >= 4 is 16.9 Å². The maximum Gasteiger partial charge on any atom is 0.220 e. The molecule has 0 spiro atoms. The molecule has 1 saturated carbocycles. The van der Waals surface area contributed by atoms with E-state index in [4.69, 9.17) is 0 Å². The minimum Gasteiger partial charge on any atom is -0.394 e. The van der Waals surface area contributed by atoms with Crippen molar-refractivity contribution in [1.29, 1.82) is 0 Å². The van der Waals surface area contributed by atoms with Gasteiger partial charge in [-0.15, -0.1) is 0 Å². The third kappa shape index (κ3) is 2.97. The molecule has 1 amide bonds. The average molecular weight is 305 g/mol. The van der Waals surface area contributed by atoms with Crippen LogP contribution in [-0.4, -0.2) is 33.1 Å². The Bertz CT molecular complexity index is 677. The number of hydrogen-bond acceptors (Lipinski definition) is 3. The Morgan fingerprint density at radius 1 is 1.41 bits per heavy atom. The van der Waals surface area contributed by atoms with E-state index in [1.165, 1.54) is 6.07 Å². The number of benzene rings is 1. The van der Waals surface area contributed by atoms with Crippen LogP contribution in [0.25, 0.3) is 11.0 Å². The highest BCUT2D eigenvalue weighted by Gasteiger charge is 2.34. The molecule has 0 bridgehead atoms. The van der Waals surface area contributed by atoms with Crippen molar-refractivity contribution < 1.29 is 14.3 Å². The van der Waals surface area contributed by atoms with E-state index in [0.717, 1.165) is 25.7 Å². The number of aromatic amines is 1. The SMILES string of the molecule is O=C(CCc1nc2c(F)cccc2[nH]1)NC1(CO)CCCC1. The normalized spacial score (nSPS) is 17.0. The number of halogens is 1. The maximum atomic E-state index is 13.6. The lowest BCUT2D eigenvalue weighted by Crippen LogP contribution is -2.49. The molecule has 0 radical (unpaired) electrons. The number of rotatable bonds is 5. The van der Waals surface area contributed by atoms with Gasteiger partial charge in [-0.25, -0.2) is 9.37 Å². The third-order valence-corrected chi connectivity index (χ3v) is 4.37. The monoisotopic (exact) mass is 305 g/mol. The minimum absolute atomic E-state index is 0.0193. The summed E-state index contributed by atoms with van der Waals surface area (Å²) in [5, 5.41) is 12.5. The number of hydrogen-bond donors (Lipinski definition) is 3.